The van der Waals surface area contributed by atoms with Gasteiger partial charge in [0, 0.05) is 48.9 Å². The number of hydrogen-bond acceptors (Lipinski definition) is 5. The van der Waals surface area contributed by atoms with E-state index in [0.29, 0.717) is 10.9 Å². The number of sulfone groups is 1. The van der Waals surface area contributed by atoms with Gasteiger partial charge >= 0.3 is 0 Å². The normalized spacial score (nSPS) is 22.2. The number of nitrogens with zero attached hydrogens (tertiary/aromatic N) is 2. The van der Waals surface area contributed by atoms with Crippen LogP contribution in [0.5, 0.6) is 0 Å². The van der Waals surface area contributed by atoms with Crippen molar-refractivity contribution in [3.8, 4) is 0 Å². The summed E-state index contributed by atoms with van der Waals surface area (Å²) in [5, 5.41) is 4.31. The van der Waals surface area contributed by atoms with Crippen LogP contribution in [-0.4, -0.2) is 39.1 Å². The summed E-state index contributed by atoms with van der Waals surface area (Å²) < 4.78 is 25.7. The minimum Gasteiger partial charge on any atom is -0.370 e. The van der Waals surface area contributed by atoms with Crippen molar-refractivity contribution in [2.24, 2.45) is 5.92 Å². The van der Waals surface area contributed by atoms with Crippen molar-refractivity contribution >= 4 is 26.4 Å². The van der Waals surface area contributed by atoms with Gasteiger partial charge in [0.05, 0.1) is 15.3 Å². The molecule has 5 rings (SSSR count). The molecule has 0 radical (unpaired) electrons. The molecule has 0 unspecified atom stereocenters. The molecule has 26 heavy (non-hydrogen) atoms. The molecule has 2 saturated heterocycles. The van der Waals surface area contributed by atoms with E-state index in [9.17, 15) is 8.42 Å². The Kier molecular flexibility index (Phi) is 3.52. The summed E-state index contributed by atoms with van der Waals surface area (Å²) in [7, 11) is -3.56. The molecule has 0 spiro atoms. The lowest BCUT2D eigenvalue weighted by atomic mass is 9.96. The van der Waals surface area contributed by atoms with Crippen molar-refractivity contribution < 1.29 is 8.42 Å². The third-order valence-corrected chi connectivity index (χ3v) is 7.19. The number of benzene rings is 2. The molecule has 5 nitrogen and oxygen atoms in total. The van der Waals surface area contributed by atoms with E-state index < -0.39 is 9.84 Å². The van der Waals surface area contributed by atoms with Crippen LogP contribution >= 0.6 is 0 Å². The van der Waals surface area contributed by atoms with Crippen LogP contribution in [0.1, 0.15) is 0 Å². The lowest BCUT2D eigenvalue weighted by Gasteiger charge is -2.29. The van der Waals surface area contributed by atoms with Gasteiger partial charge in [-0.15, -0.1) is 0 Å². The quantitative estimate of drug-likeness (QED) is 0.773. The molecule has 1 N–H and O–H groups in total. The van der Waals surface area contributed by atoms with Crippen LogP contribution in [-0.2, 0) is 9.84 Å². The fourth-order valence-electron chi connectivity index (χ4n) is 3.84. The molecular weight excluding hydrogens is 346 g/mol. The Morgan fingerprint density at radius 1 is 1.00 bits per heavy atom. The van der Waals surface area contributed by atoms with Gasteiger partial charge in [-0.1, -0.05) is 18.2 Å². The smallest absolute Gasteiger partial charge is 0.208 e. The van der Waals surface area contributed by atoms with E-state index in [0.717, 1.165) is 42.1 Å². The SMILES string of the molecule is O=S(=O)(c1ccccc1)c1cnc2ccc(N3C[C@H]4CN[C@@H]4C3)cc2c1. The highest BCUT2D eigenvalue weighted by atomic mass is 32.2. The zero-order valence-electron chi connectivity index (χ0n) is 14.2. The minimum atomic E-state index is -3.56. The third kappa shape index (κ3) is 2.48. The van der Waals surface area contributed by atoms with Crippen LogP contribution in [0.2, 0.25) is 0 Å². The number of aromatic nitrogens is 1. The number of hydrogen-bond donors (Lipinski definition) is 1. The Hall–Kier alpha value is -2.44. The predicted octanol–water partition coefficient (Wildman–Crippen LogP) is 2.48. The monoisotopic (exact) mass is 365 g/mol. The molecule has 0 amide bonds. The first-order valence-electron chi connectivity index (χ1n) is 8.79. The highest BCUT2D eigenvalue weighted by molar-refractivity contribution is 7.91. The van der Waals surface area contributed by atoms with E-state index in [2.05, 4.69) is 27.3 Å². The lowest BCUT2D eigenvalue weighted by Crippen LogP contribution is -2.51. The van der Waals surface area contributed by atoms with Gasteiger partial charge in [0.25, 0.3) is 0 Å². The van der Waals surface area contributed by atoms with Crippen LogP contribution in [0.15, 0.2) is 70.6 Å². The molecule has 2 atom stereocenters. The third-order valence-electron chi connectivity index (χ3n) is 5.45. The molecule has 0 aliphatic carbocycles. The first kappa shape index (κ1) is 15.8. The topological polar surface area (TPSA) is 62.3 Å². The largest absolute Gasteiger partial charge is 0.370 e. The average Bonchev–Trinajstić information content (AvgIpc) is 2.96. The van der Waals surface area contributed by atoms with Gasteiger partial charge in [-0.2, -0.15) is 0 Å². The average molecular weight is 365 g/mol. The highest BCUT2D eigenvalue weighted by Gasteiger charge is 2.39. The second kappa shape index (κ2) is 5.79. The van der Waals surface area contributed by atoms with E-state index in [1.54, 1.807) is 30.3 Å². The van der Waals surface area contributed by atoms with E-state index in [4.69, 9.17) is 0 Å². The zero-order chi connectivity index (χ0) is 17.7. The van der Waals surface area contributed by atoms with Gasteiger partial charge in [0.15, 0.2) is 0 Å². The van der Waals surface area contributed by atoms with Crippen molar-refractivity contribution in [2.75, 3.05) is 24.5 Å². The Balaban J connectivity index is 1.54. The Morgan fingerprint density at radius 2 is 1.85 bits per heavy atom. The van der Waals surface area contributed by atoms with Crippen LogP contribution in [0.25, 0.3) is 10.9 Å². The molecule has 6 heteroatoms. The van der Waals surface area contributed by atoms with Gasteiger partial charge in [-0.25, -0.2) is 8.42 Å². The molecule has 0 saturated carbocycles. The maximum atomic E-state index is 12.9. The van der Waals surface area contributed by atoms with Crippen molar-refractivity contribution in [1.82, 2.24) is 10.3 Å². The van der Waals surface area contributed by atoms with Gasteiger partial charge < -0.3 is 10.2 Å². The van der Waals surface area contributed by atoms with Crippen molar-refractivity contribution in [3.05, 3.63) is 60.8 Å². The minimum absolute atomic E-state index is 0.233. The Morgan fingerprint density at radius 3 is 2.54 bits per heavy atom. The molecule has 3 heterocycles. The second-order valence-corrected chi connectivity index (χ2v) is 8.99. The Bertz CT molecular complexity index is 1070. The lowest BCUT2D eigenvalue weighted by molar-refractivity contribution is 0.297. The Labute approximate surface area is 152 Å². The standard InChI is InChI=1S/C20H19N3O2S/c24-26(25,17-4-2-1-3-5-17)18-9-14-8-16(6-7-19(14)22-11-18)23-12-15-10-21-20(15)13-23/h1-9,11,15,20-21H,10,12-13H2/t15-,20-/m1/s1. The van der Waals surface area contributed by atoms with Gasteiger partial charge in [0.2, 0.25) is 9.84 Å². The maximum absolute atomic E-state index is 12.9. The van der Waals surface area contributed by atoms with E-state index in [1.165, 1.54) is 6.20 Å². The van der Waals surface area contributed by atoms with Crippen molar-refractivity contribution in [3.63, 3.8) is 0 Å². The van der Waals surface area contributed by atoms with Crippen LogP contribution in [0.4, 0.5) is 5.69 Å². The fourth-order valence-corrected chi connectivity index (χ4v) is 5.10. The predicted molar refractivity (Wildman–Crippen MR) is 101 cm³/mol. The van der Waals surface area contributed by atoms with Crippen molar-refractivity contribution in [2.45, 2.75) is 15.8 Å². The summed E-state index contributed by atoms with van der Waals surface area (Å²) in [5.74, 6) is 0.730. The van der Waals surface area contributed by atoms with E-state index in [1.807, 2.05) is 12.1 Å². The highest BCUT2D eigenvalue weighted by Crippen LogP contribution is 2.31. The number of fused-ring (bicyclic) bond motifs is 2. The van der Waals surface area contributed by atoms with Gasteiger partial charge in [-0.3, -0.25) is 4.98 Å². The number of anilines is 1. The molecule has 2 fully saturated rings. The van der Waals surface area contributed by atoms with Gasteiger partial charge in [-0.05, 0) is 36.4 Å². The summed E-state index contributed by atoms with van der Waals surface area (Å²) in [4.78, 5) is 7.27. The summed E-state index contributed by atoms with van der Waals surface area (Å²) in [6, 6.07) is 16.9. The molecule has 0 bridgehead atoms. The van der Waals surface area contributed by atoms with E-state index >= 15 is 0 Å². The molecular formula is C20H19N3O2S. The summed E-state index contributed by atoms with van der Waals surface area (Å²) >= 11 is 0. The number of nitrogens with one attached hydrogen (secondary N) is 1. The molecule has 2 aromatic carbocycles. The summed E-state index contributed by atoms with van der Waals surface area (Å²) in [5.41, 5.74) is 1.94. The number of pyridine rings is 1. The summed E-state index contributed by atoms with van der Waals surface area (Å²) in [6.07, 6.45) is 1.45. The molecule has 3 aromatic rings. The van der Waals surface area contributed by atoms with Crippen molar-refractivity contribution in [1.29, 1.82) is 0 Å². The molecule has 2 aliphatic rings. The first-order chi connectivity index (χ1) is 12.6. The first-order valence-corrected chi connectivity index (χ1v) is 10.3. The van der Waals surface area contributed by atoms with E-state index in [-0.39, 0.29) is 4.90 Å². The number of rotatable bonds is 3. The fraction of sp³-hybridized carbons (Fsp3) is 0.250. The second-order valence-electron chi connectivity index (χ2n) is 7.04. The molecule has 1 aromatic heterocycles. The van der Waals surface area contributed by atoms with Crippen LogP contribution in [0.3, 0.4) is 0 Å². The van der Waals surface area contributed by atoms with Gasteiger partial charge in [0.1, 0.15) is 0 Å². The molecule has 132 valence electrons. The molecule has 2 aliphatic heterocycles. The zero-order valence-corrected chi connectivity index (χ0v) is 15.0. The summed E-state index contributed by atoms with van der Waals surface area (Å²) in [6.45, 7) is 3.15. The maximum Gasteiger partial charge on any atom is 0.208 e. The van der Waals surface area contributed by atoms with Crippen LogP contribution < -0.4 is 10.2 Å². The van der Waals surface area contributed by atoms with Crippen LogP contribution in [0, 0.1) is 5.92 Å².